The molecule has 0 aliphatic carbocycles. The van der Waals surface area contributed by atoms with E-state index in [1.165, 1.54) is 21.2 Å². The zero-order valence-electron chi connectivity index (χ0n) is 11.6. The minimum absolute atomic E-state index is 0.146. The molecule has 1 N–H and O–H groups in total. The van der Waals surface area contributed by atoms with E-state index in [2.05, 4.69) is 63.9 Å². The molecule has 1 nitrogen and oxygen atoms in total. The Kier molecular flexibility index (Phi) is 4.65. The van der Waals surface area contributed by atoms with Crippen LogP contribution in [0.15, 0.2) is 52.3 Å². The Morgan fingerprint density at radius 2 is 2.10 bits per heavy atom. The van der Waals surface area contributed by atoms with Gasteiger partial charge in [-0.25, -0.2) is 0 Å². The molecule has 1 unspecified atom stereocenters. The molecule has 4 heteroatoms. The molecular formula is C17H15BrClNS. The van der Waals surface area contributed by atoms with Crippen molar-refractivity contribution in [2.75, 3.05) is 6.54 Å². The summed E-state index contributed by atoms with van der Waals surface area (Å²) in [4.78, 5) is 0. The molecule has 0 radical (unpaired) electrons. The van der Waals surface area contributed by atoms with Gasteiger partial charge in [0.2, 0.25) is 0 Å². The van der Waals surface area contributed by atoms with Crippen LogP contribution in [0.3, 0.4) is 0 Å². The second-order valence-corrected chi connectivity index (χ2v) is 7.15. The van der Waals surface area contributed by atoms with E-state index in [1.54, 1.807) is 11.3 Å². The van der Waals surface area contributed by atoms with Crippen molar-refractivity contribution >= 4 is 49.0 Å². The molecule has 1 aromatic heterocycles. The van der Waals surface area contributed by atoms with Crippen molar-refractivity contribution in [2.24, 2.45) is 0 Å². The minimum Gasteiger partial charge on any atom is -0.306 e. The number of thiophene rings is 1. The third-order valence-corrected chi connectivity index (χ3v) is 5.10. The smallest absolute Gasteiger partial charge is 0.0591 e. The summed E-state index contributed by atoms with van der Waals surface area (Å²) in [6.45, 7) is 3.03. The van der Waals surface area contributed by atoms with Crippen LogP contribution in [-0.2, 0) is 0 Å². The highest BCUT2D eigenvalue weighted by Crippen LogP contribution is 2.34. The molecular weight excluding hydrogens is 366 g/mol. The van der Waals surface area contributed by atoms with Crippen LogP contribution in [0.5, 0.6) is 0 Å². The predicted octanol–water partition coefficient (Wildman–Crippen LogP) is 6.02. The molecule has 0 aliphatic rings. The fourth-order valence-electron chi connectivity index (χ4n) is 2.60. The number of halogens is 2. The van der Waals surface area contributed by atoms with Crippen molar-refractivity contribution in [1.82, 2.24) is 5.32 Å². The topological polar surface area (TPSA) is 12.0 Å². The van der Waals surface area contributed by atoms with Gasteiger partial charge in [-0.15, -0.1) is 11.3 Å². The molecule has 0 fully saturated rings. The Hall–Kier alpha value is -0.870. The summed E-state index contributed by atoms with van der Waals surface area (Å²) < 4.78 is 2.34. The number of rotatable bonds is 4. The molecule has 0 aliphatic heterocycles. The fraction of sp³-hybridized carbons (Fsp3) is 0.176. The van der Waals surface area contributed by atoms with Crippen LogP contribution in [0.4, 0.5) is 0 Å². The monoisotopic (exact) mass is 379 g/mol. The number of hydrogen-bond donors (Lipinski definition) is 1. The Morgan fingerprint density at radius 1 is 1.24 bits per heavy atom. The lowest BCUT2D eigenvalue weighted by Gasteiger charge is -2.20. The predicted molar refractivity (Wildman–Crippen MR) is 96.5 cm³/mol. The SMILES string of the molecule is CCNC(c1cc(Cl)cc(Br)c1)c1cccc2ccsc12. The number of hydrogen-bond acceptors (Lipinski definition) is 2. The van der Waals surface area contributed by atoms with Gasteiger partial charge in [0.05, 0.1) is 6.04 Å². The summed E-state index contributed by atoms with van der Waals surface area (Å²) in [6, 6.07) is 14.9. The van der Waals surface area contributed by atoms with Crippen molar-refractivity contribution < 1.29 is 0 Å². The van der Waals surface area contributed by atoms with Gasteiger partial charge in [-0.1, -0.05) is 52.7 Å². The largest absolute Gasteiger partial charge is 0.306 e. The van der Waals surface area contributed by atoms with E-state index in [9.17, 15) is 0 Å². The first-order valence-electron chi connectivity index (χ1n) is 6.84. The van der Waals surface area contributed by atoms with Gasteiger partial charge >= 0.3 is 0 Å². The maximum atomic E-state index is 6.22. The molecule has 21 heavy (non-hydrogen) atoms. The van der Waals surface area contributed by atoms with E-state index >= 15 is 0 Å². The number of fused-ring (bicyclic) bond motifs is 1. The molecule has 0 saturated heterocycles. The van der Waals surface area contributed by atoms with Crippen LogP contribution < -0.4 is 5.32 Å². The van der Waals surface area contributed by atoms with E-state index in [-0.39, 0.29) is 6.04 Å². The minimum atomic E-state index is 0.146. The van der Waals surface area contributed by atoms with Crippen molar-refractivity contribution in [3.8, 4) is 0 Å². The lowest BCUT2D eigenvalue weighted by Crippen LogP contribution is -2.22. The van der Waals surface area contributed by atoms with E-state index in [1.807, 2.05) is 12.1 Å². The number of nitrogens with one attached hydrogen (secondary N) is 1. The Morgan fingerprint density at radius 3 is 2.86 bits per heavy atom. The van der Waals surface area contributed by atoms with E-state index in [4.69, 9.17) is 11.6 Å². The van der Waals surface area contributed by atoms with Crippen molar-refractivity contribution in [3.63, 3.8) is 0 Å². The van der Waals surface area contributed by atoms with Crippen LogP contribution in [-0.4, -0.2) is 6.54 Å². The lowest BCUT2D eigenvalue weighted by molar-refractivity contribution is 0.635. The number of benzene rings is 2. The summed E-state index contributed by atoms with van der Waals surface area (Å²) in [5.74, 6) is 0. The molecule has 3 aromatic rings. The molecule has 0 spiro atoms. The normalized spacial score (nSPS) is 12.7. The summed E-state index contributed by atoms with van der Waals surface area (Å²) in [7, 11) is 0. The van der Waals surface area contributed by atoms with Crippen molar-refractivity contribution in [1.29, 1.82) is 0 Å². The second kappa shape index (κ2) is 6.49. The summed E-state index contributed by atoms with van der Waals surface area (Å²) in [5, 5.41) is 7.77. The van der Waals surface area contributed by atoms with Crippen LogP contribution >= 0.6 is 38.9 Å². The van der Waals surface area contributed by atoms with Crippen LogP contribution in [0, 0.1) is 0 Å². The molecule has 2 aromatic carbocycles. The van der Waals surface area contributed by atoms with Gasteiger partial charge < -0.3 is 5.32 Å². The van der Waals surface area contributed by atoms with E-state index in [0.717, 1.165) is 16.0 Å². The first kappa shape index (κ1) is 15.0. The van der Waals surface area contributed by atoms with E-state index < -0.39 is 0 Å². The molecule has 0 amide bonds. The van der Waals surface area contributed by atoms with Gasteiger partial charge in [0.25, 0.3) is 0 Å². The molecule has 0 saturated carbocycles. The molecule has 0 bridgehead atoms. The van der Waals surface area contributed by atoms with Gasteiger partial charge in [-0.2, -0.15) is 0 Å². The Balaban J connectivity index is 2.15. The fourth-order valence-corrected chi connectivity index (χ4v) is 4.43. The average molecular weight is 381 g/mol. The molecule has 3 rings (SSSR count). The zero-order chi connectivity index (χ0) is 14.8. The molecule has 1 heterocycles. The average Bonchev–Trinajstić information content (AvgIpc) is 2.92. The van der Waals surface area contributed by atoms with Gasteiger partial charge in [0.15, 0.2) is 0 Å². The molecule has 1 atom stereocenters. The van der Waals surface area contributed by atoms with Crippen molar-refractivity contribution in [3.05, 3.63) is 68.5 Å². The maximum absolute atomic E-state index is 6.22. The first-order valence-corrected chi connectivity index (χ1v) is 8.89. The van der Waals surface area contributed by atoms with E-state index in [0.29, 0.717) is 0 Å². The summed E-state index contributed by atoms with van der Waals surface area (Å²) in [6.07, 6.45) is 0. The second-order valence-electron chi connectivity index (χ2n) is 4.88. The maximum Gasteiger partial charge on any atom is 0.0591 e. The summed E-state index contributed by atoms with van der Waals surface area (Å²) in [5.41, 5.74) is 2.48. The quantitative estimate of drug-likeness (QED) is 0.584. The van der Waals surface area contributed by atoms with Crippen LogP contribution in [0.2, 0.25) is 5.02 Å². The Bertz CT molecular complexity index is 748. The highest BCUT2D eigenvalue weighted by atomic mass is 79.9. The highest BCUT2D eigenvalue weighted by Gasteiger charge is 2.17. The van der Waals surface area contributed by atoms with Crippen LogP contribution in [0.1, 0.15) is 24.1 Å². The Labute approximate surface area is 142 Å². The van der Waals surface area contributed by atoms with Crippen LogP contribution in [0.25, 0.3) is 10.1 Å². The van der Waals surface area contributed by atoms with Gasteiger partial charge in [0, 0.05) is 14.2 Å². The van der Waals surface area contributed by atoms with Gasteiger partial charge in [-0.05, 0) is 52.7 Å². The first-order chi connectivity index (χ1) is 10.2. The summed E-state index contributed by atoms with van der Waals surface area (Å²) >= 11 is 11.5. The molecule has 108 valence electrons. The third-order valence-electron chi connectivity index (χ3n) is 3.45. The van der Waals surface area contributed by atoms with Crippen molar-refractivity contribution in [2.45, 2.75) is 13.0 Å². The lowest BCUT2D eigenvalue weighted by atomic mass is 9.97. The van der Waals surface area contributed by atoms with Gasteiger partial charge in [0.1, 0.15) is 0 Å². The standard InChI is InChI=1S/C17H15BrClNS/c1-2-20-16(12-8-13(18)10-14(19)9-12)15-5-3-4-11-6-7-21-17(11)15/h3-10,16,20H,2H2,1H3. The third kappa shape index (κ3) is 3.16. The van der Waals surface area contributed by atoms with Gasteiger partial charge in [-0.3, -0.25) is 0 Å². The highest BCUT2D eigenvalue weighted by molar-refractivity contribution is 9.10. The zero-order valence-corrected chi connectivity index (χ0v) is 14.7.